The molecule has 1 aliphatic rings. The van der Waals surface area contributed by atoms with Crippen molar-refractivity contribution in [2.75, 3.05) is 13.2 Å². The first-order chi connectivity index (χ1) is 15.0. The summed E-state index contributed by atoms with van der Waals surface area (Å²) in [7, 11) is 0. The van der Waals surface area contributed by atoms with Crippen molar-refractivity contribution in [3.8, 4) is 11.5 Å². The molecule has 4 rings (SSSR count). The van der Waals surface area contributed by atoms with E-state index < -0.39 is 0 Å². The largest absolute Gasteiger partial charge is 0.486 e. The number of benzene rings is 2. The lowest BCUT2D eigenvalue weighted by Crippen LogP contribution is -2.31. The Morgan fingerprint density at radius 3 is 2.71 bits per heavy atom. The third kappa shape index (κ3) is 4.87. The van der Waals surface area contributed by atoms with Gasteiger partial charge in [-0.05, 0) is 42.2 Å². The lowest BCUT2D eigenvalue weighted by atomic mass is 9.95. The van der Waals surface area contributed by atoms with Gasteiger partial charge in [-0.2, -0.15) is 0 Å². The second-order valence-corrected chi connectivity index (χ2v) is 8.08. The molecule has 0 bridgehead atoms. The van der Waals surface area contributed by atoms with Crippen LogP contribution in [0.15, 0.2) is 47.3 Å². The molecule has 31 heavy (non-hydrogen) atoms. The van der Waals surface area contributed by atoms with E-state index >= 15 is 0 Å². The quantitative estimate of drug-likeness (QED) is 0.609. The standard InChI is InChI=1S/C24H27N3O4/c1-15(2)23(16-10-11-19-20(14-16)31-13-12-30-19)27-22(28)9-5-8-21-25-18-7-4-3-6-17(18)24(29)26-21/h3-4,6-7,10-11,14-15,23H,5,8-9,12-13H2,1-2H3,(H,27,28)(H,25,26,29). The molecule has 7 nitrogen and oxygen atoms in total. The number of aromatic amines is 1. The molecular weight excluding hydrogens is 394 g/mol. The predicted octanol–water partition coefficient (Wildman–Crippen LogP) is 3.53. The van der Waals surface area contributed by atoms with Crippen molar-refractivity contribution in [1.82, 2.24) is 15.3 Å². The summed E-state index contributed by atoms with van der Waals surface area (Å²) in [6, 6.07) is 12.9. The van der Waals surface area contributed by atoms with E-state index in [4.69, 9.17) is 9.47 Å². The van der Waals surface area contributed by atoms with Gasteiger partial charge in [0.25, 0.3) is 5.56 Å². The highest BCUT2D eigenvalue weighted by molar-refractivity contribution is 5.77. The Labute approximate surface area is 180 Å². The summed E-state index contributed by atoms with van der Waals surface area (Å²) in [5.41, 5.74) is 1.51. The van der Waals surface area contributed by atoms with Gasteiger partial charge in [0.05, 0.1) is 16.9 Å². The van der Waals surface area contributed by atoms with Gasteiger partial charge in [0, 0.05) is 12.8 Å². The average Bonchev–Trinajstić information content (AvgIpc) is 2.77. The third-order valence-electron chi connectivity index (χ3n) is 5.39. The van der Waals surface area contributed by atoms with Gasteiger partial charge in [-0.25, -0.2) is 4.98 Å². The van der Waals surface area contributed by atoms with E-state index in [1.807, 2.05) is 36.4 Å². The summed E-state index contributed by atoms with van der Waals surface area (Å²) in [5, 5.41) is 3.71. The monoisotopic (exact) mass is 421 g/mol. The molecule has 1 amide bonds. The number of aromatic nitrogens is 2. The number of ether oxygens (including phenoxy) is 2. The molecule has 2 heterocycles. The van der Waals surface area contributed by atoms with Crippen LogP contribution in [0.1, 0.15) is 44.1 Å². The van der Waals surface area contributed by atoms with E-state index in [1.54, 1.807) is 6.07 Å². The molecular formula is C24H27N3O4. The Morgan fingerprint density at radius 1 is 1.13 bits per heavy atom. The highest BCUT2D eigenvalue weighted by Crippen LogP contribution is 2.34. The fourth-order valence-electron chi connectivity index (χ4n) is 3.80. The number of H-pyrrole nitrogens is 1. The maximum atomic E-state index is 12.6. The van der Waals surface area contributed by atoms with Crippen LogP contribution >= 0.6 is 0 Å². The molecule has 0 saturated heterocycles. The number of amides is 1. The minimum Gasteiger partial charge on any atom is -0.486 e. The minimum atomic E-state index is -0.150. The van der Waals surface area contributed by atoms with Gasteiger partial charge in [-0.1, -0.05) is 32.0 Å². The number of carbonyl (C=O) groups excluding carboxylic acids is 1. The first kappa shape index (κ1) is 20.9. The lowest BCUT2D eigenvalue weighted by molar-refractivity contribution is -0.122. The Balaban J connectivity index is 1.37. The Morgan fingerprint density at radius 2 is 1.90 bits per heavy atom. The predicted molar refractivity (Wildman–Crippen MR) is 118 cm³/mol. The normalized spacial score (nSPS) is 13.9. The van der Waals surface area contributed by atoms with E-state index in [9.17, 15) is 9.59 Å². The summed E-state index contributed by atoms with van der Waals surface area (Å²) in [6.45, 7) is 5.23. The molecule has 0 saturated carbocycles. The van der Waals surface area contributed by atoms with E-state index in [1.165, 1.54) is 0 Å². The SMILES string of the molecule is CC(C)C(NC(=O)CCCc1nc2ccccc2c(=O)[nH]1)c1ccc2c(c1)OCCO2. The second-order valence-electron chi connectivity index (χ2n) is 8.08. The zero-order valence-electron chi connectivity index (χ0n) is 17.8. The zero-order chi connectivity index (χ0) is 21.8. The van der Waals surface area contributed by atoms with Gasteiger partial charge in [0.15, 0.2) is 11.5 Å². The van der Waals surface area contributed by atoms with Crippen LogP contribution in [-0.4, -0.2) is 29.1 Å². The highest BCUT2D eigenvalue weighted by atomic mass is 16.6. The van der Waals surface area contributed by atoms with Gasteiger partial charge < -0.3 is 19.8 Å². The minimum absolute atomic E-state index is 0.0308. The van der Waals surface area contributed by atoms with Crippen molar-refractivity contribution < 1.29 is 14.3 Å². The number of fused-ring (bicyclic) bond motifs is 2. The Kier molecular flexibility index (Phi) is 6.21. The molecule has 2 N–H and O–H groups in total. The van der Waals surface area contributed by atoms with Crippen LogP contribution in [-0.2, 0) is 11.2 Å². The lowest BCUT2D eigenvalue weighted by Gasteiger charge is -2.25. The summed E-state index contributed by atoms with van der Waals surface area (Å²) < 4.78 is 11.3. The van der Waals surface area contributed by atoms with Crippen molar-refractivity contribution >= 4 is 16.8 Å². The molecule has 2 aromatic carbocycles. The number of hydrogen-bond acceptors (Lipinski definition) is 5. The molecule has 0 aliphatic carbocycles. The fraction of sp³-hybridized carbons (Fsp3) is 0.375. The highest BCUT2D eigenvalue weighted by Gasteiger charge is 2.21. The van der Waals surface area contributed by atoms with Crippen molar-refractivity contribution in [2.24, 2.45) is 5.92 Å². The molecule has 0 spiro atoms. The van der Waals surface area contributed by atoms with E-state index in [0.29, 0.717) is 49.2 Å². The van der Waals surface area contributed by atoms with Crippen LogP contribution in [0.3, 0.4) is 0 Å². The number of carbonyl (C=O) groups is 1. The molecule has 1 aromatic heterocycles. The summed E-state index contributed by atoms with van der Waals surface area (Å²) in [6.07, 6.45) is 1.48. The van der Waals surface area contributed by atoms with Crippen LogP contribution in [0.5, 0.6) is 11.5 Å². The first-order valence-electron chi connectivity index (χ1n) is 10.7. The van der Waals surface area contributed by atoms with Crippen LogP contribution < -0.4 is 20.3 Å². The van der Waals surface area contributed by atoms with Gasteiger partial charge in [0.1, 0.15) is 19.0 Å². The molecule has 1 atom stereocenters. The maximum absolute atomic E-state index is 12.6. The number of hydrogen-bond donors (Lipinski definition) is 2. The van der Waals surface area contributed by atoms with Crippen molar-refractivity contribution in [2.45, 2.75) is 39.2 Å². The number of rotatable bonds is 7. The number of nitrogens with one attached hydrogen (secondary N) is 2. The first-order valence-corrected chi connectivity index (χ1v) is 10.7. The molecule has 0 fully saturated rings. The third-order valence-corrected chi connectivity index (χ3v) is 5.39. The molecule has 3 aromatic rings. The number of aryl methyl sites for hydroxylation is 1. The smallest absolute Gasteiger partial charge is 0.258 e. The molecule has 7 heteroatoms. The average molecular weight is 421 g/mol. The topological polar surface area (TPSA) is 93.3 Å². The van der Waals surface area contributed by atoms with E-state index in [0.717, 1.165) is 17.1 Å². The van der Waals surface area contributed by atoms with Crippen molar-refractivity contribution in [3.63, 3.8) is 0 Å². The van der Waals surface area contributed by atoms with Gasteiger partial charge in [-0.3, -0.25) is 9.59 Å². The number of nitrogens with zero attached hydrogens (tertiary/aromatic N) is 1. The van der Waals surface area contributed by atoms with Crippen LogP contribution in [0, 0.1) is 5.92 Å². The Hall–Kier alpha value is -3.35. The van der Waals surface area contributed by atoms with Gasteiger partial charge in [-0.15, -0.1) is 0 Å². The van der Waals surface area contributed by atoms with Crippen LogP contribution in [0.2, 0.25) is 0 Å². The second kappa shape index (κ2) is 9.20. The zero-order valence-corrected chi connectivity index (χ0v) is 17.8. The summed E-state index contributed by atoms with van der Waals surface area (Å²) in [4.78, 5) is 32.1. The fourth-order valence-corrected chi connectivity index (χ4v) is 3.80. The molecule has 0 radical (unpaired) electrons. The van der Waals surface area contributed by atoms with E-state index in [-0.39, 0.29) is 23.4 Å². The maximum Gasteiger partial charge on any atom is 0.258 e. The van der Waals surface area contributed by atoms with Crippen LogP contribution in [0.25, 0.3) is 10.9 Å². The molecule has 162 valence electrons. The van der Waals surface area contributed by atoms with Crippen LogP contribution in [0.4, 0.5) is 0 Å². The molecule has 1 aliphatic heterocycles. The summed E-state index contributed by atoms with van der Waals surface area (Å²) >= 11 is 0. The van der Waals surface area contributed by atoms with E-state index in [2.05, 4.69) is 29.1 Å². The Bertz CT molecular complexity index is 1140. The van der Waals surface area contributed by atoms with Crippen molar-refractivity contribution in [1.29, 1.82) is 0 Å². The van der Waals surface area contributed by atoms with Gasteiger partial charge >= 0.3 is 0 Å². The number of para-hydroxylation sites is 1. The summed E-state index contributed by atoms with van der Waals surface area (Å²) in [5.74, 6) is 2.24. The molecule has 1 unspecified atom stereocenters. The van der Waals surface area contributed by atoms with Gasteiger partial charge in [0.2, 0.25) is 5.91 Å². The van der Waals surface area contributed by atoms with Crippen molar-refractivity contribution in [3.05, 3.63) is 64.2 Å².